The van der Waals surface area contributed by atoms with Crippen molar-refractivity contribution in [2.45, 2.75) is 0 Å². The Balaban J connectivity index is 1.97. The molecule has 2 N–H and O–H groups in total. The van der Waals surface area contributed by atoms with Crippen LogP contribution in [0.5, 0.6) is 11.5 Å². The van der Waals surface area contributed by atoms with Crippen LogP contribution in [0.15, 0.2) is 60.7 Å². The maximum atomic E-state index is 12.8. The van der Waals surface area contributed by atoms with Crippen LogP contribution >= 0.6 is 23.2 Å². The Morgan fingerprint density at radius 2 is 0.867 bits per heavy atom. The Labute approximate surface area is 180 Å². The minimum Gasteiger partial charge on any atom is -0.508 e. The Bertz CT molecular complexity index is 1100. The lowest BCUT2D eigenvalue weighted by molar-refractivity contribution is 0.101. The highest BCUT2D eigenvalue weighted by molar-refractivity contribution is 6.68. The Kier molecular flexibility index (Phi) is 6.01. The van der Waals surface area contributed by atoms with E-state index in [0.717, 1.165) is 12.1 Å². The van der Waals surface area contributed by atoms with Crippen molar-refractivity contribution < 1.29 is 29.4 Å². The number of ketones is 2. The van der Waals surface area contributed by atoms with Gasteiger partial charge in [0.15, 0.2) is 11.6 Å². The summed E-state index contributed by atoms with van der Waals surface area (Å²) in [6, 6.07) is 12.6. The molecule has 0 aliphatic carbocycles. The predicted octanol–water partition coefficient (Wildman–Crippen LogP) is 4.32. The van der Waals surface area contributed by atoms with E-state index in [1.54, 1.807) is 0 Å². The van der Waals surface area contributed by atoms with E-state index in [4.69, 9.17) is 23.2 Å². The van der Waals surface area contributed by atoms with E-state index in [9.17, 15) is 29.4 Å². The van der Waals surface area contributed by atoms with Crippen LogP contribution in [0.3, 0.4) is 0 Å². The van der Waals surface area contributed by atoms with Crippen LogP contribution in [0, 0.1) is 0 Å². The van der Waals surface area contributed by atoms with Crippen LogP contribution in [0.2, 0.25) is 0 Å². The third-order valence-corrected chi connectivity index (χ3v) is 4.74. The number of hydrogen-bond acceptors (Lipinski definition) is 6. The topological polar surface area (TPSA) is 109 Å². The molecule has 0 aromatic heterocycles. The zero-order valence-corrected chi connectivity index (χ0v) is 16.6. The standard InChI is InChI=1S/C22H12Cl2O6/c23-21(29)15-7-5-13(25)9-17(15)19(27)11-1-2-12(4-3-11)20(28)18-10-14(26)6-8-16(18)22(24)30/h1-10,25-26H. The van der Waals surface area contributed by atoms with Gasteiger partial charge >= 0.3 is 0 Å². The van der Waals surface area contributed by atoms with Crippen molar-refractivity contribution in [2.24, 2.45) is 0 Å². The molecule has 0 aliphatic heterocycles. The molecule has 0 fully saturated rings. The first-order valence-corrected chi connectivity index (χ1v) is 9.20. The molecule has 0 bridgehead atoms. The van der Waals surface area contributed by atoms with Gasteiger partial charge < -0.3 is 10.2 Å². The highest BCUT2D eigenvalue weighted by Crippen LogP contribution is 2.24. The Morgan fingerprint density at radius 1 is 0.533 bits per heavy atom. The number of carbonyl (C=O) groups is 4. The summed E-state index contributed by atoms with van der Waals surface area (Å²) in [5, 5.41) is 17.6. The molecule has 3 aromatic carbocycles. The second-order valence-electron chi connectivity index (χ2n) is 6.24. The second-order valence-corrected chi connectivity index (χ2v) is 6.93. The number of phenols is 2. The van der Waals surface area contributed by atoms with Gasteiger partial charge in [-0.2, -0.15) is 0 Å². The van der Waals surface area contributed by atoms with Crippen LogP contribution in [0.4, 0.5) is 0 Å². The maximum Gasteiger partial charge on any atom is 0.253 e. The summed E-state index contributed by atoms with van der Waals surface area (Å²) in [5.74, 6) is -1.59. The van der Waals surface area contributed by atoms with Gasteiger partial charge in [-0.05, 0) is 59.6 Å². The van der Waals surface area contributed by atoms with E-state index < -0.39 is 22.1 Å². The van der Waals surface area contributed by atoms with Crippen molar-refractivity contribution >= 4 is 45.3 Å². The van der Waals surface area contributed by atoms with E-state index in [1.165, 1.54) is 48.5 Å². The zero-order chi connectivity index (χ0) is 22.0. The highest BCUT2D eigenvalue weighted by atomic mass is 35.5. The Hall–Kier alpha value is -3.48. The summed E-state index contributed by atoms with van der Waals surface area (Å²) in [4.78, 5) is 48.6. The van der Waals surface area contributed by atoms with Crippen LogP contribution in [-0.4, -0.2) is 32.3 Å². The third kappa shape index (κ3) is 4.25. The molecule has 0 heterocycles. The van der Waals surface area contributed by atoms with Gasteiger partial charge in [0.2, 0.25) is 0 Å². The van der Waals surface area contributed by atoms with Gasteiger partial charge in [-0.3, -0.25) is 19.2 Å². The van der Waals surface area contributed by atoms with E-state index in [-0.39, 0.29) is 44.9 Å². The monoisotopic (exact) mass is 442 g/mol. The minimum atomic E-state index is -0.854. The summed E-state index contributed by atoms with van der Waals surface area (Å²) in [6.07, 6.45) is 0. The van der Waals surface area contributed by atoms with Gasteiger partial charge in [0.25, 0.3) is 10.5 Å². The SMILES string of the molecule is O=C(Cl)c1ccc(O)cc1C(=O)c1ccc(C(=O)c2cc(O)ccc2C(=O)Cl)cc1. The molecule has 0 amide bonds. The summed E-state index contributed by atoms with van der Waals surface area (Å²) in [6.45, 7) is 0. The van der Waals surface area contributed by atoms with E-state index in [2.05, 4.69) is 0 Å². The van der Waals surface area contributed by atoms with Gasteiger partial charge in [-0.25, -0.2) is 0 Å². The summed E-state index contributed by atoms with van der Waals surface area (Å²) in [5.41, 5.74) is -0.0230. The molecule has 3 rings (SSSR count). The molecule has 30 heavy (non-hydrogen) atoms. The molecule has 3 aromatic rings. The number of hydrogen-bond donors (Lipinski definition) is 2. The van der Waals surface area contributed by atoms with Gasteiger partial charge in [0, 0.05) is 33.4 Å². The fraction of sp³-hybridized carbons (Fsp3) is 0. The van der Waals surface area contributed by atoms with E-state index in [0.29, 0.717) is 0 Å². The number of phenolic OH excluding ortho intramolecular Hbond substituents is 2. The van der Waals surface area contributed by atoms with Gasteiger partial charge in [0.1, 0.15) is 11.5 Å². The van der Waals surface area contributed by atoms with E-state index in [1.807, 2.05) is 0 Å². The molecule has 0 radical (unpaired) electrons. The second kappa shape index (κ2) is 8.49. The molecule has 8 heteroatoms. The smallest absolute Gasteiger partial charge is 0.253 e. The van der Waals surface area contributed by atoms with Crippen molar-refractivity contribution in [3.8, 4) is 11.5 Å². The fourth-order valence-electron chi connectivity index (χ4n) is 2.87. The minimum absolute atomic E-state index is 0.0651. The first-order chi connectivity index (χ1) is 14.2. The normalized spacial score (nSPS) is 10.5. The average Bonchev–Trinajstić information content (AvgIpc) is 2.72. The molecule has 150 valence electrons. The highest BCUT2D eigenvalue weighted by Gasteiger charge is 2.21. The number of rotatable bonds is 6. The summed E-state index contributed by atoms with van der Waals surface area (Å²) < 4.78 is 0. The number of benzene rings is 3. The molecule has 0 saturated heterocycles. The molecule has 0 spiro atoms. The summed E-state index contributed by atoms with van der Waals surface area (Å²) in [7, 11) is 0. The first kappa shape index (κ1) is 21.2. The predicted molar refractivity (Wildman–Crippen MR) is 110 cm³/mol. The molecule has 6 nitrogen and oxygen atoms in total. The molecule has 0 unspecified atom stereocenters. The lowest BCUT2D eigenvalue weighted by Gasteiger charge is -2.09. The quantitative estimate of drug-likeness (QED) is 0.434. The largest absolute Gasteiger partial charge is 0.508 e. The van der Waals surface area contributed by atoms with Crippen LogP contribution in [-0.2, 0) is 0 Å². The van der Waals surface area contributed by atoms with Gasteiger partial charge in [0.05, 0.1) is 0 Å². The lowest BCUT2D eigenvalue weighted by atomic mass is 9.95. The number of aromatic hydroxyl groups is 2. The van der Waals surface area contributed by atoms with Crippen LogP contribution in [0.25, 0.3) is 0 Å². The zero-order valence-electron chi connectivity index (χ0n) is 15.1. The van der Waals surface area contributed by atoms with Crippen molar-refractivity contribution in [2.75, 3.05) is 0 Å². The molecule has 0 atom stereocenters. The fourth-order valence-corrected chi connectivity index (χ4v) is 3.20. The van der Waals surface area contributed by atoms with Crippen LogP contribution < -0.4 is 0 Å². The molecular formula is C22H12Cl2O6. The van der Waals surface area contributed by atoms with Gasteiger partial charge in [-0.1, -0.05) is 24.3 Å². The van der Waals surface area contributed by atoms with Crippen molar-refractivity contribution in [3.63, 3.8) is 0 Å². The van der Waals surface area contributed by atoms with Gasteiger partial charge in [-0.15, -0.1) is 0 Å². The molecule has 0 saturated carbocycles. The molecular weight excluding hydrogens is 431 g/mol. The van der Waals surface area contributed by atoms with Crippen molar-refractivity contribution in [1.29, 1.82) is 0 Å². The van der Waals surface area contributed by atoms with E-state index >= 15 is 0 Å². The van der Waals surface area contributed by atoms with Crippen molar-refractivity contribution in [1.82, 2.24) is 0 Å². The first-order valence-electron chi connectivity index (χ1n) is 8.44. The number of carbonyl (C=O) groups excluding carboxylic acids is 4. The average molecular weight is 443 g/mol. The number of halogens is 2. The Morgan fingerprint density at radius 3 is 1.17 bits per heavy atom. The maximum absolute atomic E-state index is 12.8. The lowest BCUT2D eigenvalue weighted by Crippen LogP contribution is -2.09. The third-order valence-electron chi connectivity index (χ3n) is 4.33. The van der Waals surface area contributed by atoms with Crippen molar-refractivity contribution in [3.05, 3.63) is 94.0 Å². The molecule has 0 aliphatic rings. The van der Waals surface area contributed by atoms with Crippen LogP contribution in [0.1, 0.15) is 52.6 Å². The summed E-state index contributed by atoms with van der Waals surface area (Å²) >= 11 is 11.0.